The molecule has 496 valence electrons. The van der Waals surface area contributed by atoms with Crippen LogP contribution in [0, 0.1) is 22.3 Å². The van der Waals surface area contributed by atoms with Crippen molar-refractivity contribution in [2.75, 3.05) is 123 Å². The average Bonchev–Trinajstić information content (AvgIpc) is 4.40. The van der Waals surface area contributed by atoms with Crippen molar-refractivity contribution in [2.24, 2.45) is 11.5 Å². The molecule has 1 heterocycles. The van der Waals surface area contributed by atoms with Gasteiger partial charge in [-0.2, -0.15) is 75.8 Å². The lowest BCUT2D eigenvalue weighted by Crippen LogP contribution is -2.20. The van der Waals surface area contributed by atoms with Crippen LogP contribution in [-0.2, 0) is 65.7 Å². The summed E-state index contributed by atoms with van der Waals surface area (Å²) in [4.78, 5) is 84.7. The number of nitrogens with two attached hydrogens (primary N) is 2. The minimum Gasteiger partial charge on any atom is -0.449 e. The maximum atomic E-state index is 10.7. The van der Waals surface area contributed by atoms with E-state index in [9.17, 15) is 14.4 Å². The third-order valence-corrected chi connectivity index (χ3v) is 12.2. The van der Waals surface area contributed by atoms with Gasteiger partial charge < -0.3 is 67.9 Å². The monoisotopic (exact) mass is 1430 g/mol. The summed E-state index contributed by atoms with van der Waals surface area (Å²) in [7, 11) is 18.2. The number of carbonyl (C=O) groups excluding carboxylic acids is 9. The topological polar surface area (TPSA) is 284 Å². The standard InChI is InChI=1S/2C10H12O3S2.2C7H6S.C5H11NO2S2.C2H4S.3C2H6S.2CH5N.3CO2.CH4O.3CH3/c2*1-12-10(11)13-7-8-3-5-9(6-4-8)15-14-2;2*1-6-2-4-7(8)5-3-6;1-6-5(7)8-3-4-10-9-2;1-2-3-1;3*1-3-2;2*1-2;3*2-1-3;1-2;;;/h2*3-6H,7H2,1-2H3;2*2-5H,1H2;3-4H2,1-2H3,(H,6,7);1-2H2;3*1-2H3;2*2H2,1H3;;;;2H,1H3;3*1H3/q;;;;;;;;;;;;;;;3*-1. The smallest absolute Gasteiger partial charge is 0.449 e. The third-order valence-electron chi connectivity index (χ3n) is 6.03. The summed E-state index contributed by atoms with van der Waals surface area (Å²) in [6.07, 6.45) is 32.5. The van der Waals surface area contributed by atoms with Crippen LogP contribution in [0.25, 0.3) is 0 Å². The van der Waals surface area contributed by atoms with Crippen LogP contribution in [0.1, 0.15) is 11.1 Å². The number of rotatable bonds is 12. The molecule has 6 N–H and O–H groups in total. The van der Waals surface area contributed by atoms with Crippen LogP contribution in [0.3, 0.4) is 0 Å². The maximum absolute atomic E-state index is 10.7. The molecule has 2 aliphatic carbocycles. The number of benzene rings is 2. The molecule has 0 aromatic heterocycles. The first-order valence-corrected chi connectivity index (χ1v) is 37.2. The van der Waals surface area contributed by atoms with Crippen molar-refractivity contribution in [3.05, 3.63) is 155 Å². The lowest BCUT2D eigenvalue weighted by Gasteiger charge is -2.03. The largest absolute Gasteiger partial charge is 0.508 e. The van der Waals surface area contributed by atoms with Gasteiger partial charge >= 0.3 is 36.9 Å². The lowest BCUT2D eigenvalue weighted by atomic mass is 10.1. The molecule has 0 saturated carbocycles. The van der Waals surface area contributed by atoms with Gasteiger partial charge in [0.2, 0.25) is 0 Å². The van der Waals surface area contributed by atoms with E-state index in [2.05, 4.69) is 39.4 Å². The Hall–Kier alpha value is -3.61. The van der Waals surface area contributed by atoms with E-state index in [0.717, 1.165) is 44.9 Å². The maximum Gasteiger partial charge on any atom is 0.508 e. The Bertz CT molecular complexity index is 1850. The molecule has 1 amide bonds. The quantitative estimate of drug-likeness (QED) is 0.0292. The predicted molar refractivity (Wildman–Crippen MR) is 391 cm³/mol. The molecule has 0 spiro atoms. The second kappa shape index (κ2) is 106. The van der Waals surface area contributed by atoms with E-state index in [0.29, 0.717) is 6.61 Å². The highest BCUT2D eigenvalue weighted by Gasteiger charge is 2.03. The van der Waals surface area contributed by atoms with Crippen molar-refractivity contribution in [3.63, 3.8) is 0 Å². The fraction of sp³-hybridized carbons (Fsp3) is 0.375. The van der Waals surface area contributed by atoms with Gasteiger partial charge in [0.25, 0.3) is 0 Å². The molecule has 1 fully saturated rings. The van der Waals surface area contributed by atoms with Crippen LogP contribution in [0.15, 0.2) is 131 Å². The first-order valence-electron chi connectivity index (χ1n) is 22.4. The number of methoxy groups -OCH3 is 2. The second-order valence-corrected chi connectivity index (χ2v) is 24.3. The molecule has 0 radical (unpaired) electrons. The fourth-order valence-corrected chi connectivity index (χ4v) is 7.18. The van der Waals surface area contributed by atoms with E-state index in [1.54, 1.807) is 107 Å². The number of aliphatic hydroxyl groups is 1. The highest BCUT2D eigenvalue weighted by Crippen LogP contribution is 2.29. The van der Waals surface area contributed by atoms with Crippen molar-refractivity contribution in [2.45, 2.75) is 23.0 Å². The van der Waals surface area contributed by atoms with Gasteiger partial charge in [0.1, 0.15) is 19.8 Å². The van der Waals surface area contributed by atoms with Crippen LogP contribution < -0.4 is 16.8 Å². The number of amides is 1. The molecular weight excluding hydrogens is 1340 g/mol. The van der Waals surface area contributed by atoms with Crippen LogP contribution in [0.5, 0.6) is 0 Å². The van der Waals surface area contributed by atoms with Gasteiger partial charge in [0.15, 0.2) is 0 Å². The van der Waals surface area contributed by atoms with Crippen molar-refractivity contribution in [3.8, 4) is 0 Å². The van der Waals surface area contributed by atoms with Gasteiger partial charge in [-0.1, -0.05) is 151 Å². The molecule has 0 unspecified atom stereocenters. The summed E-state index contributed by atoms with van der Waals surface area (Å²) in [5.41, 5.74) is 12.9. The number of hydrogen-bond acceptors (Lipinski definition) is 29. The molecule has 0 bridgehead atoms. The van der Waals surface area contributed by atoms with Crippen molar-refractivity contribution in [1.82, 2.24) is 5.32 Å². The van der Waals surface area contributed by atoms with Crippen LogP contribution in [0.2, 0.25) is 0 Å². The number of alkyl carbamates (subject to hydrolysis) is 1. The molecule has 5 rings (SSSR count). The fourth-order valence-electron chi connectivity index (χ4n) is 3.18. The molecule has 18 nitrogen and oxygen atoms in total. The number of thiocarbonyl (C=S) groups is 2. The summed E-state index contributed by atoms with van der Waals surface area (Å²) < 4.78 is 23.0. The summed E-state index contributed by atoms with van der Waals surface area (Å²) in [5.74, 6) is 3.68. The SMILES string of the molecule is C1CS1.C=C1C=CC(=S)C=C1.C=C1C=CC(=S)C=C1.CN.CN.CNC(=O)OCCSSC.CO.COC(=O)OCc1ccc(SSC)cc1.COC(=O)OCc1ccc(SSC)cc1.CSC.CSC.CSC.O=C=O.O=C=O.O=C=O.[CH3-].[CH3-].[CH3-]. The van der Waals surface area contributed by atoms with Gasteiger partial charge in [-0.25, -0.2) is 14.4 Å². The Balaban J connectivity index is -0.0000000639. The molecule has 30 heteroatoms. The third kappa shape index (κ3) is 118. The minimum absolute atomic E-state index is 0. The Kier molecular flexibility index (Phi) is 140. The normalized spacial score (nSPS) is 9.65. The number of aliphatic hydroxyl groups excluding tert-OH is 1. The number of thioether (sulfide) groups is 4. The summed E-state index contributed by atoms with van der Waals surface area (Å²) in [6.45, 7) is 8.40. The molecule has 0 atom stereocenters. The zero-order valence-corrected chi connectivity index (χ0v) is 62.4. The van der Waals surface area contributed by atoms with Gasteiger partial charge in [-0.05, 0) is 141 Å². The van der Waals surface area contributed by atoms with Crippen LogP contribution >= 0.6 is 136 Å². The van der Waals surface area contributed by atoms with Gasteiger partial charge in [-0.3, -0.25) is 0 Å². The van der Waals surface area contributed by atoms with Gasteiger partial charge in [-0.15, -0.1) is 0 Å². The van der Waals surface area contributed by atoms with Crippen molar-refractivity contribution >= 4 is 183 Å². The minimum atomic E-state index is -0.655. The first-order chi connectivity index (χ1) is 39.9. The van der Waals surface area contributed by atoms with E-state index in [1.165, 1.54) is 49.6 Å². The van der Waals surface area contributed by atoms with Crippen molar-refractivity contribution in [1.29, 1.82) is 0 Å². The first kappa shape index (κ1) is 113. The van der Waals surface area contributed by atoms with E-state index in [4.69, 9.17) is 72.5 Å². The van der Waals surface area contributed by atoms with E-state index < -0.39 is 12.3 Å². The van der Waals surface area contributed by atoms with Crippen molar-refractivity contribution < 1.29 is 71.9 Å². The lowest BCUT2D eigenvalue weighted by molar-refractivity contribution is -0.193. The second-order valence-electron chi connectivity index (χ2n) is 12.0. The summed E-state index contributed by atoms with van der Waals surface area (Å²) in [5, 5.41) is 9.36. The van der Waals surface area contributed by atoms with Crippen LogP contribution in [0.4, 0.5) is 14.4 Å². The Morgan fingerprint density at radius 3 is 0.988 bits per heavy atom. The number of nitrogens with one attached hydrogen (secondary N) is 1. The zero-order chi connectivity index (χ0) is 66.3. The highest BCUT2D eigenvalue weighted by atomic mass is 33.1. The zero-order valence-electron chi connectivity index (χ0n) is 52.6. The van der Waals surface area contributed by atoms with E-state index >= 15 is 0 Å². The number of ether oxygens (including phenoxy) is 5. The van der Waals surface area contributed by atoms with Crippen LogP contribution in [-0.4, -0.2) is 174 Å². The van der Waals surface area contributed by atoms with E-state index in [1.807, 2.05) is 165 Å². The van der Waals surface area contributed by atoms with Gasteiger partial charge in [0.05, 0.1) is 14.2 Å². The average molecular weight is 1430 g/mol. The molecule has 1 saturated heterocycles. The highest BCUT2D eigenvalue weighted by molar-refractivity contribution is 8.77. The molecule has 3 aliphatic rings. The van der Waals surface area contributed by atoms with E-state index in [-0.39, 0.29) is 60.0 Å². The number of carbonyl (C=O) groups is 3. The molecule has 2 aromatic carbocycles. The summed E-state index contributed by atoms with van der Waals surface area (Å²) in [6, 6.07) is 15.7. The Labute approximate surface area is 567 Å². The molecule has 1 aliphatic heterocycles. The van der Waals surface area contributed by atoms with Gasteiger partial charge in [0, 0.05) is 50.9 Å². The molecule has 2 aromatic rings. The number of allylic oxidation sites excluding steroid dienone is 10. The predicted octanol–water partition coefficient (Wildman–Crippen LogP) is 14.1. The summed E-state index contributed by atoms with van der Waals surface area (Å²) >= 11 is 16.9. The Morgan fingerprint density at radius 2 is 0.802 bits per heavy atom. The Morgan fingerprint density at radius 1 is 0.547 bits per heavy atom. The molecular formula is C56H92N3O15S12-3. The number of hydrogen-bond donors (Lipinski definition) is 4. The molecule has 86 heavy (non-hydrogen) atoms.